The molecule has 1 aromatic rings. The average molecular weight is 270 g/mol. The summed E-state index contributed by atoms with van der Waals surface area (Å²) in [6.45, 7) is 4.53. The van der Waals surface area contributed by atoms with E-state index in [0.717, 1.165) is 25.2 Å². The maximum atomic E-state index is 12.4. The van der Waals surface area contributed by atoms with Gasteiger partial charge in [0.25, 0.3) is 0 Å². The molecular formula is C14H17F3N2. The lowest BCUT2D eigenvalue weighted by Gasteiger charge is -2.16. The van der Waals surface area contributed by atoms with Crippen molar-refractivity contribution in [2.45, 2.75) is 38.9 Å². The summed E-state index contributed by atoms with van der Waals surface area (Å²) in [6.07, 6.45) is -2.00. The van der Waals surface area contributed by atoms with Gasteiger partial charge in [-0.2, -0.15) is 13.2 Å². The van der Waals surface area contributed by atoms with Crippen molar-refractivity contribution >= 4 is 0 Å². The van der Waals surface area contributed by atoms with Crippen LogP contribution in [0.2, 0.25) is 0 Å². The quantitative estimate of drug-likeness (QED) is 0.828. The third-order valence-corrected chi connectivity index (χ3v) is 2.59. The fraction of sp³-hybridized carbons (Fsp3) is 0.500. The number of aromatic nitrogens is 1. The minimum atomic E-state index is -4.35. The van der Waals surface area contributed by atoms with E-state index in [0.29, 0.717) is 12.1 Å². The molecule has 104 valence electrons. The Morgan fingerprint density at radius 3 is 2.58 bits per heavy atom. The van der Waals surface area contributed by atoms with Crippen molar-refractivity contribution < 1.29 is 13.2 Å². The topological polar surface area (TPSA) is 24.9 Å². The first-order valence-electron chi connectivity index (χ1n) is 6.15. The number of hydrogen-bond acceptors (Lipinski definition) is 2. The lowest BCUT2D eigenvalue weighted by molar-refractivity contribution is -0.137. The summed E-state index contributed by atoms with van der Waals surface area (Å²) in [5.74, 6) is 5.71. The molecule has 0 saturated carbocycles. The Labute approximate surface area is 111 Å². The van der Waals surface area contributed by atoms with Crippen molar-refractivity contribution in [2.24, 2.45) is 0 Å². The molecule has 0 fully saturated rings. The summed E-state index contributed by atoms with van der Waals surface area (Å²) < 4.78 is 37.3. The van der Waals surface area contributed by atoms with Crippen molar-refractivity contribution in [2.75, 3.05) is 6.54 Å². The molecule has 0 saturated heterocycles. The first-order chi connectivity index (χ1) is 8.99. The van der Waals surface area contributed by atoms with Crippen LogP contribution < -0.4 is 5.32 Å². The van der Waals surface area contributed by atoms with E-state index >= 15 is 0 Å². The van der Waals surface area contributed by atoms with Gasteiger partial charge in [0.05, 0.1) is 17.3 Å². The lowest BCUT2D eigenvalue weighted by Crippen LogP contribution is -2.23. The highest BCUT2D eigenvalue weighted by molar-refractivity contribution is 5.20. The molecule has 2 nitrogen and oxygen atoms in total. The van der Waals surface area contributed by atoms with Crippen LogP contribution in [-0.2, 0) is 6.18 Å². The fourth-order valence-corrected chi connectivity index (χ4v) is 1.58. The molecule has 1 N–H and O–H groups in total. The number of rotatable bonds is 5. The molecule has 0 aliphatic rings. The third-order valence-electron chi connectivity index (χ3n) is 2.59. The SMILES string of the molecule is CC#CCC(NCCC)c1ccc(C(F)(F)F)cn1. The van der Waals surface area contributed by atoms with Crippen LogP contribution in [0.25, 0.3) is 0 Å². The van der Waals surface area contributed by atoms with Gasteiger partial charge in [0, 0.05) is 12.6 Å². The molecule has 1 unspecified atom stereocenters. The number of pyridine rings is 1. The van der Waals surface area contributed by atoms with Crippen molar-refractivity contribution in [3.63, 3.8) is 0 Å². The van der Waals surface area contributed by atoms with E-state index in [2.05, 4.69) is 22.1 Å². The molecule has 1 rings (SSSR count). The van der Waals surface area contributed by atoms with Crippen LogP contribution in [-0.4, -0.2) is 11.5 Å². The molecule has 5 heteroatoms. The normalized spacial score (nSPS) is 12.7. The van der Waals surface area contributed by atoms with Crippen LogP contribution in [0, 0.1) is 11.8 Å². The zero-order valence-corrected chi connectivity index (χ0v) is 11.0. The van der Waals surface area contributed by atoms with Crippen LogP contribution >= 0.6 is 0 Å². The van der Waals surface area contributed by atoms with Crippen LogP contribution in [0.3, 0.4) is 0 Å². The number of nitrogens with zero attached hydrogens (tertiary/aromatic N) is 1. The van der Waals surface area contributed by atoms with E-state index in [-0.39, 0.29) is 6.04 Å². The zero-order valence-electron chi connectivity index (χ0n) is 11.0. The van der Waals surface area contributed by atoms with Crippen LogP contribution in [0.4, 0.5) is 13.2 Å². The standard InChI is InChI=1S/C14H17F3N2/c1-3-5-6-12(18-9-4-2)13-8-7-11(10-19-13)14(15,16)17/h7-8,10,12,18H,4,6,9H2,1-2H3. The molecule has 0 amide bonds. The molecule has 0 aliphatic heterocycles. The van der Waals surface area contributed by atoms with Gasteiger partial charge in [0.1, 0.15) is 0 Å². The first kappa shape index (κ1) is 15.5. The molecule has 0 spiro atoms. The molecular weight excluding hydrogens is 253 g/mol. The second-order valence-electron chi connectivity index (χ2n) is 4.11. The van der Waals surface area contributed by atoms with Crippen molar-refractivity contribution in [1.29, 1.82) is 0 Å². The van der Waals surface area contributed by atoms with E-state index in [9.17, 15) is 13.2 Å². The predicted octanol–water partition coefficient (Wildman–Crippen LogP) is 3.55. The molecule has 0 radical (unpaired) electrons. The zero-order chi connectivity index (χ0) is 14.3. The highest BCUT2D eigenvalue weighted by atomic mass is 19.4. The molecule has 1 atom stereocenters. The van der Waals surface area contributed by atoms with Gasteiger partial charge in [0.2, 0.25) is 0 Å². The van der Waals surface area contributed by atoms with Crippen LogP contribution in [0.1, 0.15) is 44.0 Å². The van der Waals surface area contributed by atoms with Gasteiger partial charge in [-0.25, -0.2) is 0 Å². The smallest absolute Gasteiger partial charge is 0.308 e. The molecule has 1 aromatic heterocycles. The number of halogens is 3. The Morgan fingerprint density at radius 2 is 2.11 bits per heavy atom. The van der Waals surface area contributed by atoms with Crippen molar-refractivity contribution in [3.05, 3.63) is 29.6 Å². The fourth-order valence-electron chi connectivity index (χ4n) is 1.58. The largest absolute Gasteiger partial charge is 0.417 e. The first-order valence-corrected chi connectivity index (χ1v) is 6.15. The molecule has 1 heterocycles. The highest BCUT2D eigenvalue weighted by Gasteiger charge is 2.30. The summed E-state index contributed by atoms with van der Waals surface area (Å²) in [7, 11) is 0. The van der Waals surface area contributed by atoms with Gasteiger partial charge in [-0.05, 0) is 32.0 Å². The van der Waals surface area contributed by atoms with Gasteiger partial charge >= 0.3 is 6.18 Å². The van der Waals surface area contributed by atoms with Gasteiger partial charge in [-0.15, -0.1) is 11.8 Å². The number of nitrogens with one attached hydrogen (secondary N) is 1. The second-order valence-corrected chi connectivity index (χ2v) is 4.11. The molecule has 0 bridgehead atoms. The van der Waals surface area contributed by atoms with Gasteiger partial charge in [0.15, 0.2) is 0 Å². The lowest BCUT2D eigenvalue weighted by atomic mass is 10.1. The summed E-state index contributed by atoms with van der Waals surface area (Å²) in [5, 5.41) is 3.23. The van der Waals surface area contributed by atoms with E-state index in [4.69, 9.17) is 0 Å². The van der Waals surface area contributed by atoms with Crippen LogP contribution in [0.15, 0.2) is 18.3 Å². The van der Waals surface area contributed by atoms with Gasteiger partial charge < -0.3 is 5.32 Å². The summed E-state index contributed by atoms with van der Waals surface area (Å²) in [6, 6.07) is 2.34. The van der Waals surface area contributed by atoms with Crippen LogP contribution in [0.5, 0.6) is 0 Å². The average Bonchev–Trinajstić information content (AvgIpc) is 2.38. The summed E-state index contributed by atoms with van der Waals surface area (Å²) in [4.78, 5) is 3.90. The Balaban J connectivity index is 2.85. The maximum Gasteiger partial charge on any atom is 0.417 e. The number of alkyl halides is 3. The number of hydrogen-bond donors (Lipinski definition) is 1. The predicted molar refractivity (Wildman–Crippen MR) is 68.3 cm³/mol. The monoisotopic (exact) mass is 270 g/mol. The Hall–Kier alpha value is -1.54. The van der Waals surface area contributed by atoms with E-state index < -0.39 is 11.7 Å². The molecule has 0 aromatic carbocycles. The second kappa shape index (κ2) is 7.15. The van der Waals surface area contributed by atoms with E-state index in [1.807, 2.05) is 6.92 Å². The van der Waals surface area contributed by atoms with Gasteiger partial charge in [-0.1, -0.05) is 6.92 Å². The Kier molecular flexibility index (Phi) is 5.84. The minimum Gasteiger partial charge on any atom is -0.308 e. The van der Waals surface area contributed by atoms with Crippen molar-refractivity contribution in [3.8, 4) is 11.8 Å². The molecule has 0 aliphatic carbocycles. The van der Waals surface area contributed by atoms with E-state index in [1.165, 1.54) is 6.07 Å². The third kappa shape index (κ3) is 4.92. The molecule has 19 heavy (non-hydrogen) atoms. The van der Waals surface area contributed by atoms with Crippen molar-refractivity contribution in [1.82, 2.24) is 10.3 Å². The highest BCUT2D eigenvalue weighted by Crippen LogP contribution is 2.29. The Bertz CT molecular complexity index is 440. The maximum absolute atomic E-state index is 12.4. The summed E-state index contributed by atoms with van der Waals surface area (Å²) >= 11 is 0. The summed E-state index contributed by atoms with van der Waals surface area (Å²) in [5.41, 5.74) is -0.142. The van der Waals surface area contributed by atoms with E-state index in [1.54, 1.807) is 6.92 Å². The Morgan fingerprint density at radius 1 is 1.37 bits per heavy atom. The minimum absolute atomic E-state index is 0.130. The van der Waals surface area contributed by atoms with Gasteiger partial charge in [-0.3, -0.25) is 4.98 Å².